The first-order chi connectivity index (χ1) is 16.4. The van der Waals surface area contributed by atoms with Gasteiger partial charge < -0.3 is 14.9 Å². The summed E-state index contributed by atoms with van der Waals surface area (Å²) in [6.07, 6.45) is 26.1. The number of nitrogens with zero attached hydrogens (tertiary/aromatic N) is 1. The molecule has 1 aliphatic rings. The lowest BCUT2D eigenvalue weighted by molar-refractivity contribution is -0.0469. The topological polar surface area (TPSA) is 70.0 Å². The van der Waals surface area contributed by atoms with Crippen LogP contribution in [0.5, 0.6) is 0 Å². The fraction of sp³-hybridized carbons (Fsp3) is 0.966. The maximum Gasteiger partial charge on any atom is 0.409 e. The maximum atomic E-state index is 11.5. The Labute approximate surface area is 211 Å². The van der Waals surface area contributed by atoms with Crippen LogP contribution in [0.3, 0.4) is 0 Å². The molecule has 2 atom stereocenters. The molecule has 0 radical (unpaired) electrons. The highest BCUT2D eigenvalue weighted by Crippen LogP contribution is 2.30. The molecule has 1 rings (SSSR count). The quantitative estimate of drug-likeness (QED) is 0.151. The molecule has 0 aromatic carbocycles. The lowest BCUT2D eigenvalue weighted by Crippen LogP contribution is -2.51. The summed E-state index contributed by atoms with van der Waals surface area (Å²) in [5.41, 5.74) is -0.856. The van der Waals surface area contributed by atoms with Crippen LogP contribution in [0.15, 0.2) is 0 Å². The molecule has 0 aromatic rings. The summed E-state index contributed by atoms with van der Waals surface area (Å²) in [6.45, 7) is 6.04. The van der Waals surface area contributed by atoms with Gasteiger partial charge in [0.05, 0.1) is 18.8 Å². The van der Waals surface area contributed by atoms with E-state index >= 15 is 0 Å². The van der Waals surface area contributed by atoms with Crippen molar-refractivity contribution in [3.8, 4) is 0 Å². The highest BCUT2D eigenvalue weighted by Gasteiger charge is 2.46. The van der Waals surface area contributed by atoms with E-state index in [0.717, 1.165) is 12.8 Å². The van der Waals surface area contributed by atoms with Crippen molar-refractivity contribution in [2.75, 3.05) is 6.61 Å². The monoisotopic (exact) mass is 483 g/mol. The van der Waals surface area contributed by atoms with E-state index in [1.54, 1.807) is 13.8 Å². The van der Waals surface area contributed by atoms with Gasteiger partial charge in [0.25, 0.3) is 0 Å². The number of carboxylic acid groups (broad SMARTS) is 1. The molecule has 0 aliphatic carbocycles. The van der Waals surface area contributed by atoms with Crippen molar-refractivity contribution in [3.63, 3.8) is 0 Å². The van der Waals surface area contributed by atoms with Gasteiger partial charge in [0, 0.05) is 0 Å². The van der Waals surface area contributed by atoms with Gasteiger partial charge in [-0.05, 0) is 20.3 Å². The van der Waals surface area contributed by atoms with Crippen molar-refractivity contribution < 1.29 is 19.7 Å². The Hall–Kier alpha value is -0.810. The zero-order valence-corrected chi connectivity index (χ0v) is 22.9. The standard InChI is InChI=1S/C29H57NO4/c1-4-5-6-7-8-9-10-11-12-13-14-15-16-17-18-19-20-21-22-23-24-27(31)26-25-34-29(2,3)30(26)28(32)33/h26-27,31H,4-25H2,1-3H3,(H,32,33)/t26-,27+/m0/s1. The van der Waals surface area contributed by atoms with E-state index in [-0.39, 0.29) is 6.61 Å². The second-order valence-corrected chi connectivity index (χ2v) is 11.1. The molecule has 1 fully saturated rings. The van der Waals surface area contributed by atoms with Gasteiger partial charge in [0.15, 0.2) is 0 Å². The number of carbonyl (C=O) groups is 1. The van der Waals surface area contributed by atoms with E-state index in [1.807, 2.05) is 0 Å². The van der Waals surface area contributed by atoms with Gasteiger partial charge in [-0.2, -0.15) is 0 Å². The molecule has 1 saturated heterocycles. The summed E-state index contributed by atoms with van der Waals surface area (Å²) in [6, 6.07) is -0.451. The highest BCUT2D eigenvalue weighted by molar-refractivity contribution is 5.66. The first kappa shape index (κ1) is 31.2. The van der Waals surface area contributed by atoms with Gasteiger partial charge in [0.2, 0.25) is 0 Å². The fourth-order valence-corrected chi connectivity index (χ4v) is 5.29. The summed E-state index contributed by atoms with van der Waals surface area (Å²) < 4.78 is 5.58. The average molecular weight is 484 g/mol. The van der Waals surface area contributed by atoms with Crippen LogP contribution in [0.1, 0.15) is 156 Å². The smallest absolute Gasteiger partial charge is 0.409 e. The van der Waals surface area contributed by atoms with Crippen LogP contribution in [-0.2, 0) is 4.74 Å². The van der Waals surface area contributed by atoms with E-state index < -0.39 is 24.0 Å². The van der Waals surface area contributed by atoms with Crippen molar-refractivity contribution in [3.05, 3.63) is 0 Å². The van der Waals surface area contributed by atoms with Crippen molar-refractivity contribution in [1.82, 2.24) is 4.90 Å². The zero-order chi connectivity index (χ0) is 25.1. The summed E-state index contributed by atoms with van der Waals surface area (Å²) in [5, 5.41) is 19.9. The molecule has 2 N–H and O–H groups in total. The molecule has 0 aromatic heterocycles. The van der Waals surface area contributed by atoms with E-state index in [9.17, 15) is 15.0 Å². The molecule has 34 heavy (non-hydrogen) atoms. The number of aliphatic hydroxyl groups excluding tert-OH is 1. The Morgan fingerprint density at radius 2 is 1.12 bits per heavy atom. The molecule has 5 heteroatoms. The van der Waals surface area contributed by atoms with Gasteiger partial charge in [0.1, 0.15) is 5.72 Å². The number of rotatable bonds is 22. The van der Waals surface area contributed by atoms with Crippen LogP contribution in [0.2, 0.25) is 0 Å². The minimum Gasteiger partial charge on any atom is -0.465 e. The number of amides is 1. The fourth-order valence-electron chi connectivity index (χ4n) is 5.29. The first-order valence-electron chi connectivity index (χ1n) is 14.7. The third-order valence-corrected chi connectivity index (χ3v) is 7.52. The lowest BCUT2D eigenvalue weighted by atomic mass is 10.0. The van der Waals surface area contributed by atoms with Gasteiger partial charge >= 0.3 is 6.09 Å². The number of aliphatic hydroxyl groups is 1. The highest BCUT2D eigenvalue weighted by atomic mass is 16.5. The Morgan fingerprint density at radius 1 is 0.765 bits per heavy atom. The molecule has 0 spiro atoms. The molecule has 0 unspecified atom stereocenters. The van der Waals surface area contributed by atoms with Gasteiger partial charge in [-0.25, -0.2) is 4.79 Å². The summed E-state index contributed by atoms with van der Waals surface area (Å²) in [4.78, 5) is 12.8. The first-order valence-corrected chi connectivity index (χ1v) is 14.7. The Balaban J connectivity index is 1.83. The minimum atomic E-state index is -1.02. The van der Waals surface area contributed by atoms with E-state index in [2.05, 4.69) is 6.92 Å². The molecule has 0 bridgehead atoms. The maximum absolute atomic E-state index is 11.5. The number of unbranched alkanes of at least 4 members (excludes halogenated alkanes) is 19. The van der Waals surface area contributed by atoms with Crippen LogP contribution in [0.4, 0.5) is 4.79 Å². The van der Waals surface area contributed by atoms with Crippen LogP contribution in [-0.4, -0.2) is 45.7 Å². The molecule has 1 heterocycles. The van der Waals surface area contributed by atoms with Crippen molar-refractivity contribution in [2.24, 2.45) is 0 Å². The second-order valence-electron chi connectivity index (χ2n) is 11.1. The molecular weight excluding hydrogens is 426 g/mol. The number of hydrogen-bond acceptors (Lipinski definition) is 3. The number of ether oxygens (including phenoxy) is 1. The van der Waals surface area contributed by atoms with Crippen molar-refractivity contribution in [1.29, 1.82) is 0 Å². The predicted molar refractivity (Wildman–Crippen MR) is 142 cm³/mol. The molecule has 202 valence electrons. The van der Waals surface area contributed by atoms with Crippen LogP contribution in [0, 0.1) is 0 Å². The summed E-state index contributed by atoms with van der Waals surface area (Å²) in [7, 11) is 0. The molecule has 1 amide bonds. The summed E-state index contributed by atoms with van der Waals surface area (Å²) >= 11 is 0. The van der Waals surface area contributed by atoms with Crippen LogP contribution >= 0.6 is 0 Å². The molecular formula is C29H57NO4. The largest absolute Gasteiger partial charge is 0.465 e. The van der Waals surface area contributed by atoms with Crippen LogP contribution < -0.4 is 0 Å². The Kier molecular flexibility index (Phi) is 17.8. The summed E-state index contributed by atoms with van der Waals surface area (Å²) in [5.74, 6) is 0. The third-order valence-electron chi connectivity index (χ3n) is 7.52. The van der Waals surface area contributed by atoms with Gasteiger partial charge in [-0.15, -0.1) is 0 Å². The van der Waals surface area contributed by atoms with Crippen LogP contribution in [0.25, 0.3) is 0 Å². The average Bonchev–Trinajstić information content (AvgIpc) is 3.12. The zero-order valence-electron chi connectivity index (χ0n) is 22.9. The van der Waals surface area contributed by atoms with Crippen molar-refractivity contribution >= 4 is 6.09 Å². The van der Waals surface area contributed by atoms with E-state index in [1.165, 1.54) is 120 Å². The normalized spacial score (nSPS) is 18.5. The van der Waals surface area contributed by atoms with Gasteiger partial charge in [-0.1, -0.05) is 135 Å². The third kappa shape index (κ3) is 13.9. The van der Waals surface area contributed by atoms with E-state index in [0.29, 0.717) is 6.42 Å². The Bertz CT molecular complexity index is 497. The van der Waals surface area contributed by atoms with Gasteiger partial charge in [-0.3, -0.25) is 4.90 Å². The SMILES string of the molecule is CCCCCCCCCCCCCCCCCCCCCC[C@@H](O)[C@@H]1COC(C)(C)N1C(=O)O. The second kappa shape index (κ2) is 19.4. The predicted octanol–water partition coefficient (Wildman–Crippen LogP) is 8.67. The minimum absolute atomic E-state index is 0.277. The van der Waals surface area contributed by atoms with Crippen molar-refractivity contribution in [2.45, 2.75) is 173 Å². The molecule has 0 saturated carbocycles. The Morgan fingerprint density at radius 3 is 1.47 bits per heavy atom. The molecule has 1 aliphatic heterocycles. The lowest BCUT2D eigenvalue weighted by Gasteiger charge is -2.32. The molecule has 5 nitrogen and oxygen atoms in total. The number of hydrogen-bond donors (Lipinski definition) is 2. The van der Waals surface area contributed by atoms with E-state index in [4.69, 9.17) is 4.74 Å².